The molecular weight excluding hydrogens is 202 g/mol. The molecular formula is C9H18BrN. The van der Waals surface area contributed by atoms with Gasteiger partial charge in [-0.05, 0) is 39.3 Å². The molecule has 0 aromatic rings. The maximum atomic E-state index is 3.68. The summed E-state index contributed by atoms with van der Waals surface area (Å²) >= 11 is 3.68. The first-order valence-corrected chi connectivity index (χ1v) is 5.53. The Balaban J connectivity index is 2.31. The molecule has 0 aliphatic carbocycles. The average Bonchev–Trinajstić information content (AvgIpc) is 1.95. The minimum Gasteiger partial charge on any atom is -0.301 e. The SMILES string of the molecule is CCCN1CCC(Br)CC1C. The van der Waals surface area contributed by atoms with Crippen molar-refractivity contribution < 1.29 is 0 Å². The van der Waals surface area contributed by atoms with Crippen LogP contribution in [0.3, 0.4) is 0 Å². The van der Waals surface area contributed by atoms with Crippen molar-refractivity contribution in [3.63, 3.8) is 0 Å². The smallest absolute Gasteiger partial charge is 0.0172 e. The fourth-order valence-electron chi connectivity index (χ4n) is 1.78. The van der Waals surface area contributed by atoms with Crippen LogP contribution in [-0.4, -0.2) is 28.9 Å². The molecule has 1 rings (SSSR count). The Hall–Kier alpha value is 0.440. The van der Waals surface area contributed by atoms with E-state index in [0.717, 1.165) is 10.9 Å². The standard InChI is InChI=1S/C9H18BrN/c1-3-5-11-6-4-9(10)7-8(11)2/h8-9H,3-7H2,1-2H3. The number of piperidine rings is 1. The van der Waals surface area contributed by atoms with Crippen molar-refractivity contribution in [2.45, 2.75) is 44.0 Å². The molecule has 0 aromatic carbocycles. The molecule has 1 heterocycles. The summed E-state index contributed by atoms with van der Waals surface area (Å²) in [4.78, 5) is 3.36. The Morgan fingerprint density at radius 1 is 1.55 bits per heavy atom. The molecule has 0 bridgehead atoms. The van der Waals surface area contributed by atoms with Crippen LogP contribution in [0.5, 0.6) is 0 Å². The van der Waals surface area contributed by atoms with E-state index in [1.54, 1.807) is 0 Å². The van der Waals surface area contributed by atoms with Gasteiger partial charge in [-0.2, -0.15) is 0 Å². The summed E-state index contributed by atoms with van der Waals surface area (Å²) in [5.74, 6) is 0. The van der Waals surface area contributed by atoms with E-state index < -0.39 is 0 Å². The van der Waals surface area contributed by atoms with Gasteiger partial charge in [0.25, 0.3) is 0 Å². The summed E-state index contributed by atoms with van der Waals surface area (Å²) in [5, 5.41) is 0. The third-order valence-electron chi connectivity index (χ3n) is 2.46. The highest BCUT2D eigenvalue weighted by Crippen LogP contribution is 2.22. The maximum Gasteiger partial charge on any atom is 0.0172 e. The number of halogens is 1. The van der Waals surface area contributed by atoms with Crippen LogP contribution in [0.1, 0.15) is 33.1 Å². The maximum absolute atomic E-state index is 3.68. The van der Waals surface area contributed by atoms with Crippen molar-refractivity contribution in [1.29, 1.82) is 0 Å². The lowest BCUT2D eigenvalue weighted by Crippen LogP contribution is -2.41. The second-order valence-electron chi connectivity index (χ2n) is 3.51. The Bertz CT molecular complexity index is 116. The summed E-state index contributed by atoms with van der Waals surface area (Å²) < 4.78 is 0. The van der Waals surface area contributed by atoms with Crippen LogP contribution in [0, 0.1) is 0 Å². The van der Waals surface area contributed by atoms with Gasteiger partial charge in [0.05, 0.1) is 0 Å². The zero-order chi connectivity index (χ0) is 8.27. The second-order valence-corrected chi connectivity index (χ2v) is 4.80. The van der Waals surface area contributed by atoms with Gasteiger partial charge in [-0.3, -0.25) is 0 Å². The Labute approximate surface area is 78.3 Å². The largest absolute Gasteiger partial charge is 0.301 e. The Kier molecular flexibility index (Phi) is 3.86. The molecule has 1 saturated heterocycles. The Morgan fingerprint density at radius 3 is 2.82 bits per heavy atom. The van der Waals surface area contributed by atoms with Gasteiger partial charge < -0.3 is 4.90 Å². The minimum absolute atomic E-state index is 0.769. The van der Waals surface area contributed by atoms with E-state index >= 15 is 0 Å². The molecule has 0 saturated carbocycles. The highest BCUT2D eigenvalue weighted by atomic mass is 79.9. The fourth-order valence-corrected chi connectivity index (χ4v) is 2.53. The van der Waals surface area contributed by atoms with Gasteiger partial charge >= 0.3 is 0 Å². The minimum atomic E-state index is 0.769. The predicted octanol–water partition coefficient (Wildman–Crippen LogP) is 2.64. The molecule has 1 aliphatic rings. The topological polar surface area (TPSA) is 3.24 Å². The zero-order valence-corrected chi connectivity index (χ0v) is 9.10. The summed E-state index contributed by atoms with van der Waals surface area (Å²) in [7, 11) is 0. The van der Waals surface area contributed by atoms with Crippen molar-refractivity contribution in [2.75, 3.05) is 13.1 Å². The third-order valence-corrected chi connectivity index (χ3v) is 3.29. The first-order valence-electron chi connectivity index (χ1n) is 4.62. The lowest BCUT2D eigenvalue weighted by molar-refractivity contribution is 0.166. The normalized spacial score (nSPS) is 34.1. The number of alkyl halides is 1. The van der Waals surface area contributed by atoms with E-state index in [-0.39, 0.29) is 0 Å². The molecule has 0 spiro atoms. The van der Waals surface area contributed by atoms with E-state index in [4.69, 9.17) is 0 Å². The highest BCUT2D eigenvalue weighted by molar-refractivity contribution is 9.09. The van der Waals surface area contributed by atoms with Crippen LogP contribution >= 0.6 is 15.9 Å². The van der Waals surface area contributed by atoms with Crippen LogP contribution in [0.15, 0.2) is 0 Å². The number of likely N-dealkylation sites (tertiary alicyclic amines) is 1. The number of rotatable bonds is 2. The van der Waals surface area contributed by atoms with Gasteiger partial charge in [0.15, 0.2) is 0 Å². The monoisotopic (exact) mass is 219 g/mol. The van der Waals surface area contributed by atoms with Crippen LogP contribution in [0.4, 0.5) is 0 Å². The highest BCUT2D eigenvalue weighted by Gasteiger charge is 2.22. The van der Waals surface area contributed by atoms with Crippen molar-refractivity contribution in [3.05, 3.63) is 0 Å². The van der Waals surface area contributed by atoms with Crippen LogP contribution < -0.4 is 0 Å². The van der Waals surface area contributed by atoms with Crippen LogP contribution in [0.2, 0.25) is 0 Å². The summed E-state index contributed by atoms with van der Waals surface area (Å²) in [6.07, 6.45) is 3.93. The van der Waals surface area contributed by atoms with Gasteiger partial charge in [-0.25, -0.2) is 0 Å². The number of nitrogens with zero attached hydrogens (tertiary/aromatic N) is 1. The Morgan fingerprint density at radius 2 is 2.27 bits per heavy atom. The number of hydrogen-bond donors (Lipinski definition) is 0. The molecule has 1 nitrogen and oxygen atoms in total. The van der Waals surface area contributed by atoms with Crippen molar-refractivity contribution >= 4 is 15.9 Å². The molecule has 1 aliphatic heterocycles. The lowest BCUT2D eigenvalue weighted by atomic mass is 10.0. The van der Waals surface area contributed by atoms with Gasteiger partial charge in [0.2, 0.25) is 0 Å². The molecule has 0 amide bonds. The summed E-state index contributed by atoms with van der Waals surface area (Å²) in [5.41, 5.74) is 0. The molecule has 0 aromatic heterocycles. The molecule has 11 heavy (non-hydrogen) atoms. The van der Waals surface area contributed by atoms with Crippen molar-refractivity contribution in [1.82, 2.24) is 4.90 Å². The van der Waals surface area contributed by atoms with Crippen LogP contribution in [0.25, 0.3) is 0 Å². The molecule has 0 radical (unpaired) electrons. The molecule has 0 N–H and O–H groups in total. The first kappa shape index (κ1) is 9.53. The first-order chi connectivity index (χ1) is 5.24. The van der Waals surface area contributed by atoms with Gasteiger partial charge in [0, 0.05) is 10.9 Å². The molecule has 2 heteroatoms. The van der Waals surface area contributed by atoms with Crippen molar-refractivity contribution in [3.8, 4) is 0 Å². The van der Waals surface area contributed by atoms with E-state index in [1.807, 2.05) is 0 Å². The molecule has 66 valence electrons. The summed E-state index contributed by atoms with van der Waals surface area (Å²) in [6, 6.07) is 0.785. The quantitative estimate of drug-likeness (QED) is 0.646. The van der Waals surface area contributed by atoms with E-state index in [0.29, 0.717) is 0 Å². The predicted molar refractivity (Wildman–Crippen MR) is 53.3 cm³/mol. The van der Waals surface area contributed by atoms with Gasteiger partial charge in [-0.1, -0.05) is 22.9 Å². The van der Waals surface area contributed by atoms with E-state index in [1.165, 1.54) is 32.4 Å². The average molecular weight is 220 g/mol. The second kappa shape index (κ2) is 4.46. The van der Waals surface area contributed by atoms with Crippen molar-refractivity contribution in [2.24, 2.45) is 0 Å². The fraction of sp³-hybridized carbons (Fsp3) is 1.00. The third kappa shape index (κ3) is 2.75. The number of hydrogen-bond acceptors (Lipinski definition) is 1. The van der Waals surface area contributed by atoms with E-state index in [2.05, 4.69) is 34.7 Å². The van der Waals surface area contributed by atoms with Gasteiger partial charge in [-0.15, -0.1) is 0 Å². The molecule has 2 unspecified atom stereocenters. The lowest BCUT2D eigenvalue weighted by Gasteiger charge is -2.35. The summed E-state index contributed by atoms with van der Waals surface area (Å²) in [6.45, 7) is 7.15. The molecule has 2 atom stereocenters. The van der Waals surface area contributed by atoms with Gasteiger partial charge in [0.1, 0.15) is 0 Å². The van der Waals surface area contributed by atoms with E-state index in [9.17, 15) is 0 Å². The van der Waals surface area contributed by atoms with Crippen LogP contribution in [-0.2, 0) is 0 Å². The zero-order valence-electron chi connectivity index (χ0n) is 7.52. The molecule has 1 fully saturated rings.